The molecular formula is C17H21N3O6S. The highest BCUT2D eigenvalue weighted by Crippen LogP contribution is 2.34. The molecule has 0 aromatic heterocycles. The normalized spacial score (nSPS) is 21.9. The molecule has 0 saturated carbocycles. The van der Waals surface area contributed by atoms with Gasteiger partial charge in [0.05, 0.1) is 10.6 Å². The zero-order chi connectivity index (χ0) is 19.9. The van der Waals surface area contributed by atoms with E-state index in [-0.39, 0.29) is 22.5 Å². The van der Waals surface area contributed by atoms with E-state index < -0.39 is 28.1 Å². The Morgan fingerprint density at radius 2 is 2.04 bits per heavy atom. The molecule has 3 amide bonds. The molecule has 0 radical (unpaired) electrons. The molecule has 1 saturated heterocycles. The number of sulfonamides is 1. The van der Waals surface area contributed by atoms with Gasteiger partial charge in [0.1, 0.15) is 11.8 Å². The van der Waals surface area contributed by atoms with E-state index in [9.17, 15) is 22.8 Å². The second-order valence-electron chi connectivity index (χ2n) is 6.70. The molecular weight excluding hydrogens is 374 g/mol. The third-order valence-electron chi connectivity index (χ3n) is 4.69. The van der Waals surface area contributed by atoms with Crippen LogP contribution in [-0.4, -0.2) is 49.7 Å². The predicted octanol–water partition coefficient (Wildman–Crippen LogP) is 0.530. The number of aryl methyl sites for hydroxylation is 1. The number of hydrogen-bond donors (Lipinski definition) is 2. The average Bonchev–Trinajstić information content (AvgIpc) is 3.05. The van der Waals surface area contributed by atoms with Gasteiger partial charge in [-0.2, -0.15) is 0 Å². The van der Waals surface area contributed by atoms with Crippen LogP contribution in [0.15, 0.2) is 17.0 Å². The first-order valence-corrected chi connectivity index (χ1v) is 10.0. The maximum Gasteiger partial charge on any atom is 0.265 e. The Labute approximate surface area is 157 Å². The summed E-state index contributed by atoms with van der Waals surface area (Å²) in [5.74, 6) is -1.11. The van der Waals surface area contributed by atoms with Crippen molar-refractivity contribution in [3.63, 3.8) is 0 Å². The van der Waals surface area contributed by atoms with Crippen LogP contribution in [0.5, 0.6) is 5.75 Å². The molecule has 1 fully saturated rings. The Morgan fingerprint density at radius 1 is 1.33 bits per heavy atom. The smallest absolute Gasteiger partial charge is 0.265 e. The number of hydrogen-bond acceptors (Lipinski definition) is 6. The zero-order valence-electron chi connectivity index (χ0n) is 15.2. The first-order valence-electron chi connectivity index (χ1n) is 8.56. The van der Waals surface area contributed by atoms with Gasteiger partial charge in [0.25, 0.3) is 21.8 Å². The van der Waals surface area contributed by atoms with Crippen LogP contribution in [-0.2, 0) is 24.4 Å². The van der Waals surface area contributed by atoms with Crippen molar-refractivity contribution in [2.45, 2.75) is 50.7 Å². The number of ether oxygens (including phenoxy) is 1. The van der Waals surface area contributed by atoms with Crippen LogP contribution in [0.4, 0.5) is 5.69 Å². The van der Waals surface area contributed by atoms with E-state index in [2.05, 4.69) is 10.0 Å². The van der Waals surface area contributed by atoms with E-state index in [1.165, 1.54) is 24.0 Å². The largest absolute Gasteiger partial charge is 0.479 e. The van der Waals surface area contributed by atoms with Crippen molar-refractivity contribution >= 4 is 33.4 Å². The van der Waals surface area contributed by atoms with E-state index in [1.807, 2.05) is 0 Å². The van der Waals surface area contributed by atoms with Crippen LogP contribution in [0.3, 0.4) is 0 Å². The maximum absolute atomic E-state index is 12.8. The zero-order valence-corrected chi connectivity index (χ0v) is 16.1. The average molecular weight is 395 g/mol. The molecule has 2 aliphatic heterocycles. The highest BCUT2D eigenvalue weighted by atomic mass is 32.2. The molecule has 0 bridgehead atoms. The van der Waals surface area contributed by atoms with Crippen LogP contribution >= 0.6 is 0 Å². The molecule has 146 valence electrons. The van der Waals surface area contributed by atoms with Crippen molar-refractivity contribution in [1.29, 1.82) is 0 Å². The van der Waals surface area contributed by atoms with Crippen LogP contribution in [0.1, 0.15) is 32.3 Å². The van der Waals surface area contributed by atoms with Gasteiger partial charge < -0.3 is 15.0 Å². The van der Waals surface area contributed by atoms with Gasteiger partial charge in [-0.15, -0.1) is 0 Å². The first kappa shape index (κ1) is 19.2. The third-order valence-corrected chi connectivity index (χ3v) is 6.18. The second-order valence-corrected chi connectivity index (χ2v) is 8.35. The first-order chi connectivity index (χ1) is 12.6. The molecule has 0 aliphatic carbocycles. The number of fused-ring (bicyclic) bond motifs is 1. The summed E-state index contributed by atoms with van der Waals surface area (Å²) in [4.78, 5) is 37.0. The van der Waals surface area contributed by atoms with Gasteiger partial charge in [-0.1, -0.05) is 0 Å². The number of benzene rings is 1. The van der Waals surface area contributed by atoms with Crippen LogP contribution in [0.2, 0.25) is 0 Å². The van der Waals surface area contributed by atoms with E-state index >= 15 is 0 Å². The lowest BCUT2D eigenvalue weighted by atomic mass is 10.1. The van der Waals surface area contributed by atoms with Gasteiger partial charge in [-0.05, 0) is 38.3 Å². The third kappa shape index (κ3) is 3.61. The highest BCUT2D eigenvalue weighted by molar-refractivity contribution is 7.90. The summed E-state index contributed by atoms with van der Waals surface area (Å²) in [6.45, 7) is 4.88. The Hall–Kier alpha value is -2.62. The summed E-state index contributed by atoms with van der Waals surface area (Å²) in [5, 5.41) is 2.64. The number of amides is 3. The van der Waals surface area contributed by atoms with Gasteiger partial charge in [0.15, 0.2) is 6.10 Å². The van der Waals surface area contributed by atoms with Gasteiger partial charge in [0.2, 0.25) is 5.91 Å². The van der Waals surface area contributed by atoms with Gasteiger partial charge in [-0.25, -0.2) is 13.1 Å². The van der Waals surface area contributed by atoms with E-state index in [4.69, 9.17) is 4.74 Å². The van der Waals surface area contributed by atoms with E-state index in [0.717, 1.165) is 0 Å². The quantitative estimate of drug-likeness (QED) is 0.770. The Balaban J connectivity index is 1.87. The summed E-state index contributed by atoms with van der Waals surface area (Å²) in [6, 6.07) is 1.97. The number of nitrogens with one attached hydrogen (secondary N) is 2. The van der Waals surface area contributed by atoms with Crippen molar-refractivity contribution in [3.05, 3.63) is 17.7 Å². The molecule has 1 aromatic carbocycles. The molecule has 0 unspecified atom stereocenters. The number of likely N-dealkylation sites (tertiary alicyclic amines) is 1. The fourth-order valence-corrected chi connectivity index (χ4v) is 4.56. The minimum absolute atomic E-state index is 0.120. The lowest BCUT2D eigenvalue weighted by molar-refractivity contribution is -0.136. The topological polar surface area (TPSA) is 122 Å². The molecule has 10 heteroatoms. The molecule has 1 aromatic rings. The summed E-state index contributed by atoms with van der Waals surface area (Å²) in [5.41, 5.74) is 0.724. The molecule has 2 N–H and O–H groups in total. The minimum Gasteiger partial charge on any atom is -0.479 e. The fourth-order valence-electron chi connectivity index (χ4n) is 3.30. The lowest BCUT2D eigenvalue weighted by Gasteiger charge is -2.25. The van der Waals surface area contributed by atoms with Crippen molar-refractivity contribution in [1.82, 2.24) is 9.62 Å². The molecule has 0 spiro atoms. The second kappa shape index (κ2) is 6.84. The van der Waals surface area contributed by atoms with Crippen molar-refractivity contribution in [2.24, 2.45) is 0 Å². The Kier molecular flexibility index (Phi) is 4.85. The predicted molar refractivity (Wildman–Crippen MR) is 95.6 cm³/mol. The lowest BCUT2D eigenvalue weighted by Crippen LogP contribution is -2.47. The van der Waals surface area contributed by atoms with Crippen molar-refractivity contribution in [3.8, 4) is 5.75 Å². The molecule has 2 atom stereocenters. The van der Waals surface area contributed by atoms with Gasteiger partial charge in [0, 0.05) is 19.5 Å². The molecule has 27 heavy (non-hydrogen) atoms. The summed E-state index contributed by atoms with van der Waals surface area (Å²) in [6.07, 6.45) is 0.297. The standard InChI is InChI=1S/C17H21N3O6S/c1-9-7-12-14(26-10(2)16(22)18-12)8-15(9)27(24,25)19-17(23)13-5-4-6-20(13)11(3)21/h7-8,10,13H,4-6H2,1-3H3,(H,18,22)(H,19,23)/t10-,13+/m1/s1. The monoisotopic (exact) mass is 395 g/mol. The minimum atomic E-state index is -4.17. The van der Waals surface area contributed by atoms with Gasteiger partial charge >= 0.3 is 0 Å². The Bertz CT molecular complexity index is 927. The van der Waals surface area contributed by atoms with E-state index in [1.54, 1.807) is 13.8 Å². The molecule has 2 aliphatic rings. The van der Waals surface area contributed by atoms with Gasteiger partial charge in [-0.3, -0.25) is 14.4 Å². The van der Waals surface area contributed by atoms with Crippen molar-refractivity contribution < 1.29 is 27.5 Å². The van der Waals surface area contributed by atoms with Crippen LogP contribution < -0.4 is 14.8 Å². The molecule has 9 nitrogen and oxygen atoms in total. The molecule has 2 heterocycles. The summed E-state index contributed by atoms with van der Waals surface area (Å²) < 4.78 is 33.0. The van der Waals surface area contributed by atoms with E-state index in [0.29, 0.717) is 30.6 Å². The SMILES string of the molecule is CC(=O)N1CCC[C@H]1C(=O)NS(=O)(=O)c1cc2c(cc1C)NC(=O)[C@@H](C)O2. The summed E-state index contributed by atoms with van der Waals surface area (Å²) >= 11 is 0. The summed E-state index contributed by atoms with van der Waals surface area (Å²) in [7, 11) is -4.17. The highest BCUT2D eigenvalue weighted by Gasteiger charge is 2.35. The number of carbonyl (C=O) groups is 3. The Morgan fingerprint density at radius 3 is 2.70 bits per heavy atom. The molecule has 3 rings (SSSR count). The van der Waals surface area contributed by atoms with Crippen LogP contribution in [0.25, 0.3) is 0 Å². The maximum atomic E-state index is 12.8. The van der Waals surface area contributed by atoms with Crippen molar-refractivity contribution in [2.75, 3.05) is 11.9 Å². The number of rotatable bonds is 3. The van der Waals surface area contributed by atoms with Crippen LogP contribution in [0, 0.1) is 6.92 Å². The number of carbonyl (C=O) groups excluding carboxylic acids is 3. The number of anilines is 1. The fraction of sp³-hybridized carbons (Fsp3) is 0.471. The number of nitrogens with zero attached hydrogens (tertiary/aromatic N) is 1.